The summed E-state index contributed by atoms with van der Waals surface area (Å²) in [5, 5.41) is 21.6. The van der Waals surface area contributed by atoms with Crippen LogP contribution in [0.4, 0.5) is 11.4 Å². The Hall–Kier alpha value is -3.80. The number of rotatable bonds is 5. The van der Waals surface area contributed by atoms with Crippen LogP contribution in [0.5, 0.6) is 0 Å². The third kappa shape index (κ3) is 3.97. The number of nitrogens with one attached hydrogen (secondary N) is 1. The van der Waals surface area contributed by atoms with Crippen molar-refractivity contribution in [2.75, 3.05) is 5.32 Å². The molecule has 1 amide bonds. The maximum atomic E-state index is 11.9. The zero-order chi connectivity index (χ0) is 22.1. The number of aryl methyl sites for hydroxylation is 1. The number of carbonyl (C=O) groups is 1. The van der Waals surface area contributed by atoms with Crippen LogP contribution in [-0.4, -0.2) is 25.5 Å². The van der Waals surface area contributed by atoms with Gasteiger partial charge in [-0.15, -0.1) is 0 Å². The summed E-state index contributed by atoms with van der Waals surface area (Å²) < 4.78 is 3.04. The molecular formula is C21H15Cl2N7O. The fraction of sp³-hybridized carbons (Fsp3) is 0.0476. The Morgan fingerprint density at radius 2 is 1.74 bits per heavy atom. The van der Waals surface area contributed by atoms with Crippen molar-refractivity contribution < 1.29 is 4.79 Å². The molecule has 0 saturated carbocycles. The van der Waals surface area contributed by atoms with E-state index in [1.54, 1.807) is 42.2 Å². The van der Waals surface area contributed by atoms with Gasteiger partial charge in [-0.1, -0.05) is 29.3 Å². The molecule has 0 atom stereocenters. The van der Waals surface area contributed by atoms with Crippen LogP contribution < -0.4 is 11.1 Å². The molecule has 154 valence electrons. The molecule has 3 N–H and O–H groups in total. The fourth-order valence-corrected chi connectivity index (χ4v) is 3.60. The maximum Gasteiger partial charge on any atom is 0.271 e. The number of benzene rings is 2. The molecule has 2 heterocycles. The number of primary amides is 1. The molecule has 2 aromatic heterocycles. The number of aromatic nitrogens is 4. The van der Waals surface area contributed by atoms with Gasteiger partial charge in [0.25, 0.3) is 5.91 Å². The van der Waals surface area contributed by atoms with Crippen LogP contribution in [-0.2, 0) is 0 Å². The molecule has 0 aliphatic heterocycles. The molecular weight excluding hydrogens is 437 g/mol. The van der Waals surface area contributed by atoms with Crippen LogP contribution in [0.2, 0.25) is 10.0 Å². The van der Waals surface area contributed by atoms with Crippen LogP contribution in [0.3, 0.4) is 0 Å². The Morgan fingerprint density at radius 3 is 2.32 bits per heavy atom. The third-order valence-electron chi connectivity index (χ3n) is 4.54. The number of anilines is 2. The van der Waals surface area contributed by atoms with Gasteiger partial charge in [0.1, 0.15) is 11.8 Å². The molecule has 4 aromatic rings. The van der Waals surface area contributed by atoms with Crippen molar-refractivity contribution in [2.24, 2.45) is 5.73 Å². The molecule has 0 radical (unpaired) electrons. The van der Waals surface area contributed by atoms with Crippen LogP contribution in [0.1, 0.15) is 21.7 Å². The van der Waals surface area contributed by atoms with E-state index in [0.717, 1.165) is 5.69 Å². The minimum atomic E-state index is -0.697. The first-order chi connectivity index (χ1) is 14.9. The van der Waals surface area contributed by atoms with Gasteiger partial charge in [0, 0.05) is 11.9 Å². The van der Waals surface area contributed by atoms with Crippen LogP contribution in [0.25, 0.3) is 11.4 Å². The number of halogens is 2. The largest absolute Gasteiger partial charge is 0.364 e. The van der Waals surface area contributed by atoms with E-state index < -0.39 is 5.91 Å². The van der Waals surface area contributed by atoms with Crippen molar-refractivity contribution in [1.29, 1.82) is 5.26 Å². The number of hydrogen-bond donors (Lipinski definition) is 2. The van der Waals surface area contributed by atoms with Crippen LogP contribution in [0.15, 0.2) is 54.9 Å². The zero-order valence-electron chi connectivity index (χ0n) is 16.2. The second kappa shape index (κ2) is 8.14. The highest BCUT2D eigenvalue weighted by Crippen LogP contribution is 2.30. The number of carbonyl (C=O) groups excluding carboxylic acids is 1. The van der Waals surface area contributed by atoms with E-state index in [0.29, 0.717) is 38.4 Å². The highest BCUT2D eigenvalue weighted by atomic mass is 35.5. The van der Waals surface area contributed by atoms with E-state index in [-0.39, 0.29) is 5.69 Å². The van der Waals surface area contributed by atoms with E-state index in [1.807, 2.05) is 24.3 Å². The van der Waals surface area contributed by atoms with E-state index in [9.17, 15) is 4.79 Å². The summed E-state index contributed by atoms with van der Waals surface area (Å²) in [7, 11) is 0. The van der Waals surface area contributed by atoms with E-state index in [2.05, 4.69) is 21.6 Å². The molecule has 10 heteroatoms. The van der Waals surface area contributed by atoms with E-state index in [1.165, 1.54) is 4.68 Å². The molecule has 4 rings (SSSR count). The number of amides is 1. The summed E-state index contributed by atoms with van der Waals surface area (Å²) in [6, 6.07) is 14.4. The van der Waals surface area contributed by atoms with Crippen molar-refractivity contribution in [1.82, 2.24) is 19.6 Å². The van der Waals surface area contributed by atoms with Crippen molar-refractivity contribution in [3.63, 3.8) is 0 Å². The smallest absolute Gasteiger partial charge is 0.271 e. The summed E-state index contributed by atoms with van der Waals surface area (Å²) in [4.78, 5) is 11.9. The highest BCUT2D eigenvalue weighted by molar-refractivity contribution is 6.37. The molecule has 0 bridgehead atoms. The van der Waals surface area contributed by atoms with Gasteiger partial charge in [-0.05, 0) is 43.3 Å². The Kier molecular flexibility index (Phi) is 5.38. The molecule has 31 heavy (non-hydrogen) atoms. The number of nitrogens with zero attached hydrogens (tertiary/aromatic N) is 5. The summed E-state index contributed by atoms with van der Waals surface area (Å²) in [6.07, 6.45) is 3.26. The quantitative estimate of drug-likeness (QED) is 0.466. The van der Waals surface area contributed by atoms with Gasteiger partial charge in [-0.25, -0.2) is 9.36 Å². The summed E-state index contributed by atoms with van der Waals surface area (Å²) in [5.41, 5.74) is 9.04. The Balaban J connectivity index is 1.65. The van der Waals surface area contributed by atoms with Gasteiger partial charge in [0.05, 0.1) is 38.9 Å². The summed E-state index contributed by atoms with van der Waals surface area (Å²) in [5.74, 6) is -0.697. The second-order valence-corrected chi connectivity index (χ2v) is 7.44. The van der Waals surface area contributed by atoms with Gasteiger partial charge in [0.15, 0.2) is 5.69 Å². The van der Waals surface area contributed by atoms with Crippen molar-refractivity contribution >= 4 is 40.5 Å². The van der Waals surface area contributed by atoms with E-state index in [4.69, 9.17) is 34.2 Å². The number of nitrogens with two attached hydrogens (primary N) is 1. The molecule has 8 nitrogen and oxygen atoms in total. The monoisotopic (exact) mass is 451 g/mol. The average molecular weight is 452 g/mol. The first kappa shape index (κ1) is 20.5. The summed E-state index contributed by atoms with van der Waals surface area (Å²) in [6.45, 7) is 1.78. The normalized spacial score (nSPS) is 10.6. The van der Waals surface area contributed by atoms with Gasteiger partial charge in [-0.3, -0.25) is 4.79 Å². The lowest BCUT2D eigenvalue weighted by Crippen LogP contribution is -2.14. The lowest BCUT2D eigenvalue weighted by molar-refractivity contribution is 0.0996. The lowest BCUT2D eigenvalue weighted by atomic mass is 10.2. The van der Waals surface area contributed by atoms with Crippen molar-refractivity contribution in [3.8, 4) is 17.4 Å². The first-order valence-electron chi connectivity index (χ1n) is 9.05. The molecule has 2 aromatic carbocycles. The number of para-hydroxylation sites is 1. The van der Waals surface area contributed by atoms with Crippen LogP contribution in [0, 0.1) is 18.3 Å². The first-order valence-corrected chi connectivity index (χ1v) is 9.80. The van der Waals surface area contributed by atoms with Crippen molar-refractivity contribution in [3.05, 3.63) is 81.9 Å². The third-order valence-corrected chi connectivity index (χ3v) is 5.15. The van der Waals surface area contributed by atoms with Gasteiger partial charge in [-0.2, -0.15) is 15.5 Å². The number of hydrogen-bond acceptors (Lipinski definition) is 5. The molecule has 0 fully saturated rings. The summed E-state index contributed by atoms with van der Waals surface area (Å²) >= 11 is 12.5. The number of nitriles is 1. The fourth-order valence-electron chi connectivity index (χ4n) is 3.02. The topological polar surface area (TPSA) is 115 Å². The molecule has 0 aliphatic carbocycles. The standard InChI is InChI=1S/C21H15Cl2N7O/c1-12-13(9-24)10-29(27-12)15-7-5-14(6-8-15)26-18-11-30(28-19(18)21(25)31)20-16(22)3-2-4-17(20)23/h2-8,10-11,26H,1H3,(H2,25,31). The second-order valence-electron chi connectivity index (χ2n) is 6.63. The predicted molar refractivity (Wildman–Crippen MR) is 118 cm³/mol. The Labute approximate surface area is 187 Å². The Bertz CT molecular complexity index is 1310. The molecule has 0 spiro atoms. The predicted octanol–water partition coefficient (Wildman–Crippen LogP) is 4.39. The van der Waals surface area contributed by atoms with Gasteiger partial charge >= 0.3 is 0 Å². The molecule has 0 saturated heterocycles. The van der Waals surface area contributed by atoms with Crippen LogP contribution >= 0.6 is 23.2 Å². The minimum Gasteiger partial charge on any atom is -0.364 e. The van der Waals surface area contributed by atoms with E-state index >= 15 is 0 Å². The van der Waals surface area contributed by atoms with Gasteiger partial charge < -0.3 is 11.1 Å². The van der Waals surface area contributed by atoms with Gasteiger partial charge in [0.2, 0.25) is 0 Å². The Morgan fingerprint density at radius 1 is 1.06 bits per heavy atom. The SMILES string of the molecule is Cc1nn(-c2ccc(Nc3cn(-c4c(Cl)cccc4Cl)nc3C(N)=O)cc2)cc1C#N. The molecule has 0 aliphatic rings. The molecule has 0 unspecified atom stereocenters. The lowest BCUT2D eigenvalue weighted by Gasteiger charge is -2.07. The highest BCUT2D eigenvalue weighted by Gasteiger charge is 2.18. The average Bonchev–Trinajstić information content (AvgIpc) is 3.32. The van der Waals surface area contributed by atoms with Crippen molar-refractivity contribution in [2.45, 2.75) is 6.92 Å². The minimum absolute atomic E-state index is 0.0430. The maximum absolute atomic E-state index is 11.9. The zero-order valence-corrected chi connectivity index (χ0v) is 17.7.